The summed E-state index contributed by atoms with van der Waals surface area (Å²) in [6, 6.07) is 41.4. The SMILES string of the molecule is Nc1ccc(Oc2ccc3ccccc3c2-c2c(Oc3ccc(N)c(O)c3)ccc3cc(C#Cc4ccccc4)ccc23)cc1O. The summed E-state index contributed by atoms with van der Waals surface area (Å²) in [6.07, 6.45) is 0. The van der Waals surface area contributed by atoms with E-state index >= 15 is 0 Å². The maximum absolute atomic E-state index is 10.3. The predicted molar refractivity (Wildman–Crippen MR) is 184 cm³/mol. The van der Waals surface area contributed by atoms with Crippen molar-refractivity contribution in [1.82, 2.24) is 0 Å². The molecule has 7 aromatic rings. The molecule has 0 spiro atoms. The van der Waals surface area contributed by atoms with Gasteiger partial charge in [-0.2, -0.15) is 0 Å². The minimum atomic E-state index is -0.0705. The Hall–Kier alpha value is -6.58. The van der Waals surface area contributed by atoms with Crippen LogP contribution in [0.25, 0.3) is 32.7 Å². The molecule has 0 aliphatic rings. The molecule has 0 atom stereocenters. The first-order chi connectivity index (χ1) is 22.4. The van der Waals surface area contributed by atoms with Gasteiger partial charge in [0.25, 0.3) is 0 Å². The van der Waals surface area contributed by atoms with Crippen LogP contribution < -0.4 is 20.9 Å². The first kappa shape index (κ1) is 28.2. The molecule has 0 aromatic heterocycles. The summed E-state index contributed by atoms with van der Waals surface area (Å²) >= 11 is 0. The highest BCUT2D eigenvalue weighted by atomic mass is 16.5. The second kappa shape index (κ2) is 11.8. The van der Waals surface area contributed by atoms with Crippen molar-refractivity contribution in [2.24, 2.45) is 0 Å². The van der Waals surface area contributed by atoms with E-state index in [1.54, 1.807) is 24.3 Å². The van der Waals surface area contributed by atoms with E-state index < -0.39 is 0 Å². The van der Waals surface area contributed by atoms with Gasteiger partial charge in [0.2, 0.25) is 0 Å². The van der Waals surface area contributed by atoms with Gasteiger partial charge in [0.05, 0.1) is 11.4 Å². The molecular formula is C40H28N2O4. The smallest absolute Gasteiger partial charge is 0.142 e. The van der Waals surface area contributed by atoms with Crippen LogP contribution in [0.5, 0.6) is 34.5 Å². The van der Waals surface area contributed by atoms with Gasteiger partial charge in [0.15, 0.2) is 0 Å². The van der Waals surface area contributed by atoms with E-state index in [1.165, 1.54) is 12.1 Å². The molecule has 0 saturated carbocycles. The van der Waals surface area contributed by atoms with E-state index in [-0.39, 0.29) is 22.9 Å². The lowest BCUT2D eigenvalue weighted by Crippen LogP contribution is -1.96. The van der Waals surface area contributed by atoms with Crippen LogP contribution in [-0.2, 0) is 0 Å². The molecule has 0 unspecified atom stereocenters. The second-order valence-electron chi connectivity index (χ2n) is 10.8. The number of nitrogen functional groups attached to an aromatic ring is 2. The fourth-order valence-corrected chi connectivity index (χ4v) is 5.42. The molecule has 0 aliphatic heterocycles. The highest BCUT2D eigenvalue weighted by molar-refractivity contribution is 6.10. The number of benzene rings is 7. The number of hydrogen-bond donors (Lipinski definition) is 4. The monoisotopic (exact) mass is 600 g/mol. The number of ether oxygens (including phenoxy) is 2. The summed E-state index contributed by atoms with van der Waals surface area (Å²) in [5.74, 6) is 8.32. The molecule has 46 heavy (non-hydrogen) atoms. The van der Waals surface area contributed by atoms with Crippen LogP contribution in [-0.4, -0.2) is 10.2 Å². The maximum Gasteiger partial charge on any atom is 0.142 e. The van der Waals surface area contributed by atoms with Crippen molar-refractivity contribution in [2.75, 3.05) is 11.5 Å². The zero-order valence-electron chi connectivity index (χ0n) is 24.6. The lowest BCUT2D eigenvalue weighted by atomic mass is 9.91. The van der Waals surface area contributed by atoms with Crippen molar-refractivity contribution in [3.63, 3.8) is 0 Å². The van der Waals surface area contributed by atoms with Gasteiger partial charge in [-0.1, -0.05) is 72.5 Å². The Kier molecular flexibility index (Phi) is 7.26. The van der Waals surface area contributed by atoms with E-state index in [0.717, 1.165) is 43.8 Å². The number of fused-ring (bicyclic) bond motifs is 2. The summed E-state index contributed by atoms with van der Waals surface area (Å²) in [6.45, 7) is 0. The largest absolute Gasteiger partial charge is 0.506 e. The van der Waals surface area contributed by atoms with Crippen LogP contribution in [0, 0.1) is 11.8 Å². The molecule has 0 aliphatic carbocycles. The first-order valence-electron chi connectivity index (χ1n) is 14.6. The average Bonchev–Trinajstić information content (AvgIpc) is 3.08. The molecule has 0 fully saturated rings. The third kappa shape index (κ3) is 5.57. The Morgan fingerprint density at radius 1 is 0.457 bits per heavy atom. The van der Waals surface area contributed by atoms with Gasteiger partial charge in [-0.3, -0.25) is 0 Å². The zero-order chi connectivity index (χ0) is 31.6. The molecule has 0 heterocycles. The molecule has 6 N–H and O–H groups in total. The molecule has 7 aromatic carbocycles. The average molecular weight is 601 g/mol. The Labute approximate surface area is 265 Å². The van der Waals surface area contributed by atoms with Crippen LogP contribution in [0.3, 0.4) is 0 Å². The fraction of sp³-hybridized carbons (Fsp3) is 0. The highest BCUT2D eigenvalue weighted by Gasteiger charge is 2.21. The minimum absolute atomic E-state index is 0.0682. The number of anilines is 2. The second-order valence-corrected chi connectivity index (χ2v) is 10.8. The number of phenolic OH excluding ortho intramolecular Hbond substituents is 2. The first-order valence-corrected chi connectivity index (χ1v) is 14.6. The standard InChI is InChI=1S/C40H28N2O4/c41-33-18-15-29(23-35(33)43)45-37-20-13-27-8-4-5-9-31(27)39(37)40-32-17-12-26(11-10-25-6-2-1-3-7-25)22-28(32)14-21-38(40)46-30-16-19-34(42)36(44)24-30/h1-9,12-24,43-44H,41-42H2. The van der Waals surface area contributed by atoms with Crippen LogP contribution in [0.2, 0.25) is 0 Å². The van der Waals surface area contributed by atoms with Gasteiger partial charge in [-0.15, -0.1) is 0 Å². The molecule has 0 bridgehead atoms. The summed E-state index contributed by atoms with van der Waals surface area (Å²) < 4.78 is 12.9. The highest BCUT2D eigenvalue weighted by Crippen LogP contribution is 2.48. The van der Waals surface area contributed by atoms with E-state index in [1.807, 2.05) is 91.0 Å². The Balaban J connectivity index is 1.46. The third-order valence-electron chi connectivity index (χ3n) is 7.71. The molecular weight excluding hydrogens is 572 g/mol. The van der Waals surface area contributed by atoms with E-state index in [4.69, 9.17) is 20.9 Å². The number of aromatic hydroxyl groups is 2. The molecule has 6 heteroatoms. The Morgan fingerprint density at radius 3 is 1.63 bits per heavy atom. The summed E-state index contributed by atoms with van der Waals surface area (Å²) in [5.41, 5.74) is 15.6. The van der Waals surface area contributed by atoms with Crippen LogP contribution >= 0.6 is 0 Å². The van der Waals surface area contributed by atoms with Crippen molar-refractivity contribution in [1.29, 1.82) is 0 Å². The Morgan fingerprint density at radius 2 is 1.00 bits per heavy atom. The molecule has 0 saturated heterocycles. The molecule has 6 nitrogen and oxygen atoms in total. The minimum Gasteiger partial charge on any atom is -0.506 e. The van der Waals surface area contributed by atoms with Crippen LogP contribution in [0.15, 0.2) is 133 Å². The van der Waals surface area contributed by atoms with E-state index in [9.17, 15) is 10.2 Å². The molecule has 222 valence electrons. The summed E-state index contributed by atoms with van der Waals surface area (Å²) in [4.78, 5) is 0. The van der Waals surface area contributed by atoms with Crippen molar-refractivity contribution < 1.29 is 19.7 Å². The van der Waals surface area contributed by atoms with E-state index in [0.29, 0.717) is 23.0 Å². The van der Waals surface area contributed by atoms with Crippen molar-refractivity contribution in [3.05, 3.63) is 145 Å². The number of nitrogens with two attached hydrogens (primary N) is 2. The van der Waals surface area contributed by atoms with Gasteiger partial charge in [-0.05, 0) is 82.2 Å². The summed E-state index contributed by atoms with van der Waals surface area (Å²) in [5, 5.41) is 24.4. The topological polar surface area (TPSA) is 111 Å². The predicted octanol–water partition coefficient (Wildman–Crippen LogP) is 9.22. The van der Waals surface area contributed by atoms with Crippen molar-refractivity contribution in [2.45, 2.75) is 0 Å². The van der Waals surface area contributed by atoms with E-state index in [2.05, 4.69) is 17.9 Å². The normalized spacial score (nSPS) is 10.8. The summed E-state index contributed by atoms with van der Waals surface area (Å²) in [7, 11) is 0. The quantitative estimate of drug-likeness (QED) is 0.0890. The van der Waals surface area contributed by atoms with Crippen molar-refractivity contribution >= 4 is 32.9 Å². The molecule has 0 radical (unpaired) electrons. The zero-order valence-corrected chi connectivity index (χ0v) is 24.6. The number of hydrogen-bond acceptors (Lipinski definition) is 6. The van der Waals surface area contributed by atoms with Gasteiger partial charge >= 0.3 is 0 Å². The Bertz CT molecular complexity index is 2320. The van der Waals surface area contributed by atoms with Gasteiger partial charge in [0.1, 0.15) is 34.5 Å². The van der Waals surface area contributed by atoms with Gasteiger partial charge in [-0.25, -0.2) is 0 Å². The number of rotatable bonds is 5. The van der Waals surface area contributed by atoms with Gasteiger partial charge in [0, 0.05) is 34.4 Å². The fourth-order valence-electron chi connectivity index (χ4n) is 5.42. The number of phenols is 2. The van der Waals surface area contributed by atoms with Crippen LogP contribution in [0.1, 0.15) is 11.1 Å². The maximum atomic E-state index is 10.3. The van der Waals surface area contributed by atoms with Gasteiger partial charge < -0.3 is 31.2 Å². The third-order valence-corrected chi connectivity index (χ3v) is 7.71. The lowest BCUT2D eigenvalue weighted by molar-refractivity contribution is 0.454. The lowest BCUT2D eigenvalue weighted by Gasteiger charge is -2.20. The van der Waals surface area contributed by atoms with Crippen molar-refractivity contribution in [3.8, 4) is 57.5 Å². The van der Waals surface area contributed by atoms with Crippen LogP contribution in [0.4, 0.5) is 11.4 Å². The molecule has 7 rings (SSSR count). The molecule has 0 amide bonds.